The van der Waals surface area contributed by atoms with E-state index in [-0.39, 0.29) is 29.7 Å². The van der Waals surface area contributed by atoms with Crippen LogP contribution >= 0.6 is 0 Å². The number of carbonyl (C=O) groups is 3. The first kappa shape index (κ1) is 29.0. The average Bonchev–Trinajstić information content (AvgIpc) is 3.53. The second-order valence-electron chi connectivity index (χ2n) is 12.0. The monoisotopic (exact) mass is 557 g/mol. The third-order valence-corrected chi connectivity index (χ3v) is 9.21. The molecule has 1 atom stereocenters. The zero-order valence-corrected chi connectivity index (χ0v) is 24.2. The summed E-state index contributed by atoms with van der Waals surface area (Å²) in [7, 11) is 1.44. The zero-order chi connectivity index (χ0) is 28.6. The van der Waals surface area contributed by atoms with Gasteiger partial charge in [0.15, 0.2) is 0 Å². The molecule has 7 heteroatoms. The molecule has 2 fully saturated rings. The smallest absolute Gasteiger partial charge is 0.305 e. The van der Waals surface area contributed by atoms with Crippen LogP contribution in [0.3, 0.4) is 0 Å². The van der Waals surface area contributed by atoms with Crippen LogP contribution in [0.2, 0.25) is 0 Å². The van der Waals surface area contributed by atoms with Crippen LogP contribution in [0.4, 0.5) is 0 Å². The van der Waals surface area contributed by atoms with Crippen LogP contribution in [0.15, 0.2) is 59.7 Å². The summed E-state index contributed by atoms with van der Waals surface area (Å²) < 4.78 is 4.78. The second kappa shape index (κ2) is 13.9. The molecule has 1 aliphatic heterocycles. The summed E-state index contributed by atoms with van der Waals surface area (Å²) in [5.41, 5.74) is 4.07. The molecule has 0 bridgehead atoms. The molecule has 0 aromatic heterocycles. The van der Waals surface area contributed by atoms with Crippen LogP contribution in [-0.2, 0) is 25.7 Å². The molecule has 2 aliphatic carbocycles. The fraction of sp³-hybridized carbons (Fsp3) is 0.529. The Morgan fingerprint density at radius 3 is 2.34 bits per heavy atom. The van der Waals surface area contributed by atoms with E-state index in [0.717, 1.165) is 67.3 Å². The van der Waals surface area contributed by atoms with Crippen molar-refractivity contribution in [2.24, 2.45) is 16.9 Å². The Kier molecular flexibility index (Phi) is 9.86. The number of nitrogens with zero attached hydrogens (tertiary/aromatic N) is 2. The summed E-state index contributed by atoms with van der Waals surface area (Å²) in [5.74, 6) is 0.781. The van der Waals surface area contributed by atoms with E-state index in [4.69, 9.17) is 4.74 Å². The largest absolute Gasteiger partial charge is 0.469 e. The predicted octanol–water partition coefficient (Wildman–Crippen LogP) is 6.12. The molecule has 218 valence electrons. The van der Waals surface area contributed by atoms with Crippen molar-refractivity contribution in [3.8, 4) is 0 Å². The van der Waals surface area contributed by atoms with Gasteiger partial charge in [0.1, 0.15) is 0 Å². The van der Waals surface area contributed by atoms with Gasteiger partial charge in [-0.3, -0.25) is 14.4 Å². The number of nitrogens with one attached hydrogen (secondary N) is 1. The topological polar surface area (TPSA) is 88.1 Å². The Balaban J connectivity index is 1.21. The zero-order valence-electron chi connectivity index (χ0n) is 24.2. The number of benzene rings is 2. The molecule has 5 rings (SSSR count). The van der Waals surface area contributed by atoms with E-state index >= 15 is 0 Å². The number of rotatable bonds is 10. The van der Waals surface area contributed by atoms with E-state index in [1.54, 1.807) is 5.01 Å². The van der Waals surface area contributed by atoms with Gasteiger partial charge in [-0.15, -0.1) is 0 Å². The summed E-state index contributed by atoms with van der Waals surface area (Å²) >= 11 is 0. The maximum Gasteiger partial charge on any atom is 0.305 e. The van der Waals surface area contributed by atoms with Crippen LogP contribution in [0.25, 0.3) is 0 Å². The van der Waals surface area contributed by atoms with Gasteiger partial charge in [-0.25, -0.2) is 5.01 Å². The van der Waals surface area contributed by atoms with Gasteiger partial charge in [0, 0.05) is 25.3 Å². The van der Waals surface area contributed by atoms with Gasteiger partial charge in [-0.2, -0.15) is 5.10 Å². The van der Waals surface area contributed by atoms with Crippen molar-refractivity contribution < 1.29 is 19.1 Å². The third-order valence-electron chi connectivity index (χ3n) is 9.21. The molecule has 1 unspecified atom stereocenters. The first-order valence-corrected chi connectivity index (χ1v) is 15.4. The van der Waals surface area contributed by atoms with E-state index < -0.39 is 0 Å². The van der Waals surface area contributed by atoms with Crippen LogP contribution in [-0.4, -0.2) is 41.7 Å². The van der Waals surface area contributed by atoms with Gasteiger partial charge in [-0.05, 0) is 73.5 Å². The summed E-state index contributed by atoms with van der Waals surface area (Å²) in [6.07, 6.45) is 11.0. The summed E-state index contributed by atoms with van der Waals surface area (Å²) in [6, 6.07) is 18.5. The van der Waals surface area contributed by atoms with Crippen LogP contribution < -0.4 is 5.32 Å². The highest BCUT2D eigenvalue weighted by atomic mass is 16.5. The van der Waals surface area contributed by atoms with Crippen molar-refractivity contribution in [2.45, 2.75) is 95.6 Å². The minimum Gasteiger partial charge on any atom is -0.469 e. The number of hydrazone groups is 1. The number of carbonyl (C=O) groups excluding carboxylic acids is 3. The molecule has 3 aliphatic rings. The number of methoxy groups -OCH3 is 1. The van der Waals surface area contributed by atoms with Gasteiger partial charge in [0.2, 0.25) is 11.8 Å². The van der Waals surface area contributed by atoms with Crippen molar-refractivity contribution >= 4 is 23.5 Å². The first-order valence-electron chi connectivity index (χ1n) is 15.4. The summed E-state index contributed by atoms with van der Waals surface area (Å²) in [4.78, 5) is 37.9. The van der Waals surface area contributed by atoms with Gasteiger partial charge in [0.05, 0.1) is 25.3 Å². The summed E-state index contributed by atoms with van der Waals surface area (Å²) in [6.45, 7) is 0.426. The molecule has 2 saturated carbocycles. The van der Waals surface area contributed by atoms with E-state index in [1.807, 2.05) is 30.3 Å². The van der Waals surface area contributed by atoms with Crippen molar-refractivity contribution in [2.75, 3.05) is 7.11 Å². The first-order chi connectivity index (χ1) is 20.0. The quantitative estimate of drug-likeness (QED) is 0.357. The predicted molar refractivity (Wildman–Crippen MR) is 159 cm³/mol. The van der Waals surface area contributed by atoms with Crippen molar-refractivity contribution in [1.82, 2.24) is 10.3 Å². The Hall–Kier alpha value is -3.48. The maximum atomic E-state index is 13.7. The number of hydrogen-bond acceptors (Lipinski definition) is 5. The number of esters is 1. The highest BCUT2D eigenvalue weighted by Gasteiger charge is 2.34. The minimum absolute atomic E-state index is 0.0389. The van der Waals surface area contributed by atoms with E-state index in [1.165, 1.54) is 20.0 Å². The van der Waals surface area contributed by atoms with Crippen LogP contribution in [0.1, 0.15) is 99.7 Å². The van der Waals surface area contributed by atoms with Crippen LogP contribution in [0.5, 0.6) is 0 Å². The molecule has 0 saturated heterocycles. The number of ether oxygens (including phenoxy) is 1. The molecule has 2 amide bonds. The average molecular weight is 558 g/mol. The highest BCUT2D eigenvalue weighted by Crippen LogP contribution is 2.38. The Bertz CT molecular complexity index is 1210. The molecular weight excluding hydrogens is 514 g/mol. The van der Waals surface area contributed by atoms with Gasteiger partial charge < -0.3 is 10.1 Å². The Morgan fingerprint density at radius 2 is 1.66 bits per heavy atom. The lowest BCUT2D eigenvalue weighted by Crippen LogP contribution is -2.41. The fourth-order valence-electron chi connectivity index (χ4n) is 6.80. The molecule has 7 nitrogen and oxygen atoms in total. The molecule has 1 heterocycles. The van der Waals surface area contributed by atoms with Crippen molar-refractivity contribution in [3.05, 3.63) is 71.3 Å². The second-order valence-corrected chi connectivity index (χ2v) is 12.0. The standard InChI is InChI=1S/C34H43N3O4/c1-41-32(39)22-15-24-13-18-29(19-14-24)35-34(40)33(27-9-5-6-10-27)28-16-11-25(12-17-28)23-37-31(38)21-20-30(36-37)26-7-3-2-4-8-26/h2-4,7-8,11-12,16-17,24,27,29,33H,5-6,9-10,13-15,18-23H2,1H3,(H,35,40)/t24-,29+,33?. The lowest BCUT2D eigenvalue weighted by Gasteiger charge is -2.31. The van der Waals surface area contributed by atoms with E-state index in [2.05, 4.69) is 34.7 Å². The van der Waals surface area contributed by atoms with E-state index in [9.17, 15) is 14.4 Å². The van der Waals surface area contributed by atoms with Gasteiger partial charge in [-0.1, -0.05) is 67.4 Å². The van der Waals surface area contributed by atoms with E-state index in [0.29, 0.717) is 37.6 Å². The molecule has 0 spiro atoms. The third kappa shape index (κ3) is 7.63. The summed E-state index contributed by atoms with van der Waals surface area (Å²) in [5, 5.41) is 9.67. The van der Waals surface area contributed by atoms with Crippen LogP contribution in [0, 0.1) is 11.8 Å². The highest BCUT2D eigenvalue weighted by molar-refractivity contribution is 6.04. The van der Waals surface area contributed by atoms with Crippen molar-refractivity contribution in [1.29, 1.82) is 0 Å². The molecule has 2 aromatic rings. The number of hydrogen-bond donors (Lipinski definition) is 1. The molecule has 0 radical (unpaired) electrons. The SMILES string of the molecule is COC(=O)CC[C@H]1CC[C@@H](NC(=O)C(c2ccc(CN3N=C(c4ccccc4)CCC3=O)cc2)C2CCCC2)CC1. The van der Waals surface area contributed by atoms with Gasteiger partial charge >= 0.3 is 5.97 Å². The lowest BCUT2D eigenvalue weighted by molar-refractivity contribution is -0.141. The Morgan fingerprint density at radius 1 is 0.951 bits per heavy atom. The lowest BCUT2D eigenvalue weighted by atomic mass is 9.81. The fourth-order valence-corrected chi connectivity index (χ4v) is 6.80. The van der Waals surface area contributed by atoms with Gasteiger partial charge in [0.25, 0.3) is 0 Å². The van der Waals surface area contributed by atoms with Crippen molar-refractivity contribution in [3.63, 3.8) is 0 Å². The minimum atomic E-state index is -0.150. The number of amides is 2. The molecule has 2 aromatic carbocycles. The molecule has 1 N–H and O–H groups in total. The normalized spacial score (nSPS) is 22.2. The molecule has 41 heavy (non-hydrogen) atoms. The molecular formula is C34H43N3O4. The Labute approximate surface area is 243 Å². The maximum absolute atomic E-state index is 13.7.